The maximum absolute atomic E-state index is 14.2. The van der Waals surface area contributed by atoms with Crippen molar-refractivity contribution in [1.29, 1.82) is 0 Å². The van der Waals surface area contributed by atoms with Gasteiger partial charge in [-0.2, -0.15) is 5.10 Å². The lowest BCUT2D eigenvalue weighted by molar-refractivity contribution is 0.195. The van der Waals surface area contributed by atoms with Gasteiger partial charge >= 0.3 is 6.03 Å². The molecule has 23 heavy (non-hydrogen) atoms. The van der Waals surface area contributed by atoms with E-state index in [2.05, 4.69) is 17.0 Å². The number of benzene rings is 1. The molecule has 0 aliphatic carbocycles. The Morgan fingerprint density at radius 2 is 2.35 bits per heavy atom. The van der Waals surface area contributed by atoms with Gasteiger partial charge < -0.3 is 15.3 Å². The number of carbonyl (C=O) groups is 1. The number of urea groups is 1. The lowest BCUT2D eigenvalue weighted by Gasteiger charge is -2.20. The molecule has 122 valence electrons. The van der Waals surface area contributed by atoms with Gasteiger partial charge in [-0.05, 0) is 30.7 Å². The minimum Gasteiger partial charge on any atom is -0.395 e. The van der Waals surface area contributed by atoms with E-state index in [4.69, 9.17) is 5.11 Å². The van der Waals surface area contributed by atoms with Gasteiger partial charge in [0.25, 0.3) is 0 Å². The third kappa shape index (κ3) is 4.17. The number of aromatic nitrogens is 2. The standard InChI is InChI=1S/C16H19FN4O2/c1-3-6-20(7-8-22)16(23)19-13-4-5-15(14(17)9-13)21-11-12(2)10-18-21/h3-5,9-11,22H,1,6-8H2,2H3,(H,19,23). The minimum atomic E-state index is -0.497. The molecule has 0 radical (unpaired) electrons. The second-order valence-corrected chi connectivity index (χ2v) is 5.02. The molecule has 0 fully saturated rings. The summed E-state index contributed by atoms with van der Waals surface area (Å²) in [5.74, 6) is -0.497. The van der Waals surface area contributed by atoms with Gasteiger partial charge in [0.15, 0.2) is 5.82 Å². The number of aliphatic hydroxyl groups excluding tert-OH is 1. The molecule has 2 rings (SSSR count). The Morgan fingerprint density at radius 1 is 1.57 bits per heavy atom. The molecule has 2 amide bonds. The zero-order chi connectivity index (χ0) is 16.8. The predicted octanol–water partition coefficient (Wildman–Crippen LogP) is 2.33. The SMILES string of the molecule is C=CCN(CCO)C(=O)Nc1ccc(-n2cc(C)cn2)c(F)c1. The first kappa shape index (κ1) is 16.7. The molecule has 2 aromatic rings. The van der Waals surface area contributed by atoms with Crippen LogP contribution in [0.5, 0.6) is 0 Å². The third-order valence-electron chi connectivity index (χ3n) is 3.16. The van der Waals surface area contributed by atoms with Crippen LogP contribution in [0.1, 0.15) is 5.56 Å². The van der Waals surface area contributed by atoms with Crippen molar-refractivity contribution in [2.24, 2.45) is 0 Å². The first-order valence-electron chi connectivity index (χ1n) is 7.14. The predicted molar refractivity (Wildman–Crippen MR) is 86.1 cm³/mol. The number of nitrogens with one attached hydrogen (secondary N) is 1. The van der Waals surface area contributed by atoms with E-state index in [1.165, 1.54) is 15.6 Å². The molecule has 0 aliphatic rings. The molecular weight excluding hydrogens is 299 g/mol. The zero-order valence-electron chi connectivity index (χ0n) is 12.9. The number of hydrogen-bond acceptors (Lipinski definition) is 3. The van der Waals surface area contributed by atoms with Crippen molar-refractivity contribution in [3.05, 3.63) is 54.6 Å². The summed E-state index contributed by atoms with van der Waals surface area (Å²) in [6.07, 6.45) is 4.90. The highest BCUT2D eigenvalue weighted by atomic mass is 19.1. The van der Waals surface area contributed by atoms with Crippen LogP contribution in [0.2, 0.25) is 0 Å². The Balaban J connectivity index is 2.13. The molecule has 0 saturated carbocycles. The summed E-state index contributed by atoms with van der Waals surface area (Å²) in [4.78, 5) is 13.4. The van der Waals surface area contributed by atoms with Gasteiger partial charge in [0, 0.05) is 25.0 Å². The summed E-state index contributed by atoms with van der Waals surface area (Å²) in [7, 11) is 0. The monoisotopic (exact) mass is 318 g/mol. The van der Waals surface area contributed by atoms with Crippen molar-refractivity contribution < 1.29 is 14.3 Å². The Kier molecular flexibility index (Phi) is 5.48. The van der Waals surface area contributed by atoms with Gasteiger partial charge in [0.2, 0.25) is 0 Å². The summed E-state index contributed by atoms with van der Waals surface area (Å²) in [5.41, 5.74) is 1.55. The number of hydrogen-bond donors (Lipinski definition) is 2. The van der Waals surface area contributed by atoms with E-state index in [0.717, 1.165) is 5.56 Å². The fourth-order valence-electron chi connectivity index (χ4n) is 2.07. The van der Waals surface area contributed by atoms with Gasteiger partial charge in [0.05, 0.1) is 12.8 Å². The third-order valence-corrected chi connectivity index (χ3v) is 3.16. The topological polar surface area (TPSA) is 70.4 Å². The molecular formula is C16H19FN4O2. The highest BCUT2D eigenvalue weighted by Gasteiger charge is 2.13. The molecule has 1 aromatic carbocycles. The van der Waals surface area contributed by atoms with E-state index in [0.29, 0.717) is 17.9 Å². The molecule has 0 aliphatic heterocycles. The average molecular weight is 318 g/mol. The van der Waals surface area contributed by atoms with E-state index in [9.17, 15) is 9.18 Å². The number of halogens is 1. The summed E-state index contributed by atoms with van der Waals surface area (Å²) < 4.78 is 15.6. The Morgan fingerprint density at radius 3 is 2.91 bits per heavy atom. The van der Waals surface area contributed by atoms with Crippen LogP contribution < -0.4 is 5.32 Å². The summed E-state index contributed by atoms with van der Waals surface area (Å²) >= 11 is 0. The van der Waals surface area contributed by atoms with Gasteiger partial charge in [-0.3, -0.25) is 0 Å². The van der Waals surface area contributed by atoms with E-state index in [1.54, 1.807) is 30.6 Å². The van der Waals surface area contributed by atoms with Crippen molar-refractivity contribution in [3.8, 4) is 5.69 Å². The largest absolute Gasteiger partial charge is 0.395 e. The van der Waals surface area contributed by atoms with Crippen LogP contribution in [0.4, 0.5) is 14.9 Å². The van der Waals surface area contributed by atoms with Crippen molar-refractivity contribution in [1.82, 2.24) is 14.7 Å². The highest BCUT2D eigenvalue weighted by molar-refractivity contribution is 5.89. The van der Waals surface area contributed by atoms with E-state index in [-0.39, 0.29) is 13.2 Å². The van der Waals surface area contributed by atoms with Crippen molar-refractivity contribution in [2.75, 3.05) is 25.0 Å². The molecule has 0 saturated heterocycles. The number of amides is 2. The van der Waals surface area contributed by atoms with Crippen LogP contribution in [-0.4, -0.2) is 45.5 Å². The van der Waals surface area contributed by atoms with Gasteiger partial charge in [-0.1, -0.05) is 6.08 Å². The van der Waals surface area contributed by atoms with Crippen LogP contribution in [0.3, 0.4) is 0 Å². The molecule has 6 nitrogen and oxygen atoms in total. The minimum absolute atomic E-state index is 0.160. The van der Waals surface area contributed by atoms with Crippen LogP contribution in [0, 0.1) is 12.7 Å². The number of aryl methyl sites for hydroxylation is 1. The van der Waals surface area contributed by atoms with E-state index in [1.807, 2.05) is 6.92 Å². The smallest absolute Gasteiger partial charge is 0.322 e. The molecule has 0 bridgehead atoms. The lowest BCUT2D eigenvalue weighted by atomic mass is 10.2. The number of rotatable bonds is 6. The van der Waals surface area contributed by atoms with Gasteiger partial charge in [0.1, 0.15) is 5.69 Å². The second kappa shape index (κ2) is 7.55. The van der Waals surface area contributed by atoms with Crippen LogP contribution >= 0.6 is 0 Å². The highest BCUT2D eigenvalue weighted by Crippen LogP contribution is 2.18. The molecule has 2 N–H and O–H groups in total. The fraction of sp³-hybridized carbons (Fsp3) is 0.250. The maximum Gasteiger partial charge on any atom is 0.322 e. The van der Waals surface area contributed by atoms with Crippen LogP contribution in [0.15, 0.2) is 43.2 Å². The normalized spacial score (nSPS) is 10.4. The van der Waals surface area contributed by atoms with Crippen LogP contribution in [0.25, 0.3) is 5.69 Å². The van der Waals surface area contributed by atoms with Crippen molar-refractivity contribution >= 4 is 11.7 Å². The van der Waals surface area contributed by atoms with Crippen LogP contribution in [-0.2, 0) is 0 Å². The van der Waals surface area contributed by atoms with Crippen molar-refractivity contribution in [3.63, 3.8) is 0 Å². The Bertz CT molecular complexity index is 699. The number of carbonyl (C=O) groups excluding carboxylic acids is 1. The summed E-state index contributed by atoms with van der Waals surface area (Å²) in [6.45, 7) is 5.73. The molecule has 1 heterocycles. The molecule has 0 atom stereocenters. The number of nitrogens with zero attached hydrogens (tertiary/aromatic N) is 3. The molecule has 0 spiro atoms. The molecule has 7 heteroatoms. The molecule has 1 aromatic heterocycles. The van der Waals surface area contributed by atoms with Gasteiger partial charge in [-0.15, -0.1) is 6.58 Å². The number of anilines is 1. The first-order chi connectivity index (χ1) is 11.0. The number of aliphatic hydroxyl groups is 1. The zero-order valence-corrected chi connectivity index (χ0v) is 12.9. The first-order valence-corrected chi connectivity index (χ1v) is 7.14. The average Bonchev–Trinajstić information content (AvgIpc) is 2.93. The van der Waals surface area contributed by atoms with Gasteiger partial charge in [-0.25, -0.2) is 13.9 Å². The Hall–Kier alpha value is -2.67. The van der Waals surface area contributed by atoms with Crippen molar-refractivity contribution in [2.45, 2.75) is 6.92 Å². The quantitative estimate of drug-likeness (QED) is 0.803. The molecule has 0 unspecified atom stereocenters. The van der Waals surface area contributed by atoms with E-state index >= 15 is 0 Å². The Labute approximate surface area is 133 Å². The maximum atomic E-state index is 14.2. The second-order valence-electron chi connectivity index (χ2n) is 5.02. The summed E-state index contributed by atoms with van der Waals surface area (Å²) in [5, 5.41) is 15.6. The summed E-state index contributed by atoms with van der Waals surface area (Å²) in [6, 6.07) is 3.94. The van der Waals surface area contributed by atoms with E-state index < -0.39 is 11.8 Å². The fourth-order valence-corrected chi connectivity index (χ4v) is 2.07. The lowest BCUT2D eigenvalue weighted by Crippen LogP contribution is -2.37.